The van der Waals surface area contributed by atoms with Gasteiger partial charge in [0.15, 0.2) is 0 Å². The van der Waals surface area contributed by atoms with Crippen molar-refractivity contribution in [3.8, 4) is 0 Å². The molecule has 0 saturated carbocycles. The molecule has 1 heterocycles. The van der Waals surface area contributed by atoms with E-state index in [-0.39, 0.29) is 17.3 Å². The van der Waals surface area contributed by atoms with Crippen molar-refractivity contribution >= 4 is 17.3 Å². The van der Waals surface area contributed by atoms with Crippen molar-refractivity contribution in [2.45, 2.75) is 25.9 Å². The third-order valence-corrected chi connectivity index (χ3v) is 3.68. The standard InChI is InChI=1S/C13H18N4O3/c1-13(2)12(18)15-5-6-16(13)8-9-3-4-11(17(19)20)10(14)7-9/h3-4,7H,5-6,8,14H2,1-2H3,(H,15,18). The van der Waals surface area contributed by atoms with Gasteiger partial charge in [0.1, 0.15) is 5.69 Å². The summed E-state index contributed by atoms with van der Waals surface area (Å²) in [6, 6.07) is 4.68. The summed E-state index contributed by atoms with van der Waals surface area (Å²) in [6.07, 6.45) is 0. The van der Waals surface area contributed by atoms with Gasteiger partial charge < -0.3 is 11.1 Å². The van der Waals surface area contributed by atoms with Crippen molar-refractivity contribution in [1.29, 1.82) is 0 Å². The second-order valence-corrected chi connectivity index (χ2v) is 5.39. The van der Waals surface area contributed by atoms with E-state index in [1.807, 2.05) is 18.7 Å². The first-order chi connectivity index (χ1) is 9.32. The molecule has 0 spiro atoms. The summed E-state index contributed by atoms with van der Waals surface area (Å²) >= 11 is 0. The van der Waals surface area contributed by atoms with Crippen LogP contribution in [0.25, 0.3) is 0 Å². The molecular weight excluding hydrogens is 260 g/mol. The Kier molecular flexibility index (Phi) is 3.63. The highest BCUT2D eigenvalue weighted by molar-refractivity contribution is 5.86. The Morgan fingerprint density at radius 3 is 2.80 bits per heavy atom. The molecule has 0 atom stereocenters. The second kappa shape index (κ2) is 5.09. The summed E-state index contributed by atoms with van der Waals surface area (Å²) in [7, 11) is 0. The molecule has 7 heteroatoms. The largest absolute Gasteiger partial charge is 0.393 e. The number of rotatable bonds is 3. The Balaban J connectivity index is 2.20. The summed E-state index contributed by atoms with van der Waals surface area (Å²) in [4.78, 5) is 24.1. The molecule has 0 aliphatic carbocycles. The van der Waals surface area contributed by atoms with Gasteiger partial charge in [-0.3, -0.25) is 19.8 Å². The number of nitrogens with one attached hydrogen (secondary N) is 1. The van der Waals surface area contributed by atoms with Crippen molar-refractivity contribution in [2.75, 3.05) is 18.8 Å². The van der Waals surface area contributed by atoms with Crippen molar-refractivity contribution in [1.82, 2.24) is 10.2 Å². The molecule has 0 aromatic heterocycles. The second-order valence-electron chi connectivity index (χ2n) is 5.39. The van der Waals surface area contributed by atoms with Gasteiger partial charge in [-0.05, 0) is 25.5 Å². The van der Waals surface area contributed by atoms with Crippen LogP contribution in [-0.2, 0) is 11.3 Å². The number of nitrogen functional groups attached to an aromatic ring is 1. The molecule has 0 unspecified atom stereocenters. The number of nitro benzene ring substituents is 1. The van der Waals surface area contributed by atoms with Gasteiger partial charge in [-0.15, -0.1) is 0 Å². The minimum Gasteiger partial charge on any atom is -0.393 e. The maximum absolute atomic E-state index is 11.9. The normalized spacial score (nSPS) is 18.6. The van der Waals surface area contributed by atoms with Crippen molar-refractivity contribution in [2.24, 2.45) is 0 Å². The molecular formula is C13H18N4O3. The number of piperazine rings is 1. The lowest BCUT2D eigenvalue weighted by Crippen LogP contribution is -2.61. The van der Waals surface area contributed by atoms with Gasteiger partial charge in [0.25, 0.3) is 5.69 Å². The van der Waals surface area contributed by atoms with E-state index in [2.05, 4.69) is 5.32 Å². The van der Waals surface area contributed by atoms with E-state index in [9.17, 15) is 14.9 Å². The lowest BCUT2D eigenvalue weighted by molar-refractivity contribution is -0.383. The van der Waals surface area contributed by atoms with Gasteiger partial charge in [0, 0.05) is 25.7 Å². The van der Waals surface area contributed by atoms with Crippen LogP contribution >= 0.6 is 0 Å². The first kappa shape index (κ1) is 14.3. The lowest BCUT2D eigenvalue weighted by atomic mass is 9.98. The zero-order chi connectivity index (χ0) is 14.9. The molecule has 1 aromatic rings. The van der Waals surface area contributed by atoms with Crippen molar-refractivity contribution in [3.05, 3.63) is 33.9 Å². The van der Waals surface area contributed by atoms with Crippen LogP contribution in [0.5, 0.6) is 0 Å². The summed E-state index contributed by atoms with van der Waals surface area (Å²) in [5.41, 5.74) is 5.99. The van der Waals surface area contributed by atoms with Crippen LogP contribution < -0.4 is 11.1 Å². The number of nitrogens with zero attached hydrogens (tertiary/aromatic N) is 2. The van der Waals surface area contributed by atoms with E-state index in [1.165, 1.54) is 6.07 Å². The molecule has 20 heavy (non-hydrogen) atoms. The minimum absolute atomic E-state index is 0.0152. The topological polar surface area (TPSA) is 102 Å². The van der Waals surface area contributed by atoms with E-state index in [0.29, 0.717) is 13.1 Å². The van der Waals surface area contributed by atoms with Crippen molar-refractivity contribution < 1.29 is 9.72 Å². The quantitative estimate of drug-likeness (QED) is 0.485. The first-order valence-corrected chi connectivity index (χ1v) is 6.38. The highest BCUT2D eigenvalue weighted by Gasteiger charge is 2.37. The van der Waals surface area contributed by atoms with E-state index < -0.39 is 10.5 Å². The Bertz CT molecular complexity index is 557. The van der Waals surface area contributed by atoms with E-state index in [0.717, 1.165) is 12.1 Å². The van der Waals surface area contributed by atoms with Crippen LogP contribution in [-0.4, -0.2) is 34.4 Å². The molecule has 1 saturated heterocycles. The molecule has 108 valence electrons. The van der Waals surface area contributed by atoms with Crippen LogP contribution in [0.2, 0.25) is 0 Å². The van der Waals surface area contributed by atoms with Gasteiger partial charge in [-0.2, -0.15) is 0 Å². The highest BCUT2D eigenvalue weighted by atomic mass is 16.6. The molecule has 1 fully saturated rings. The third kappa shape index (κ3) is 2.57. The van der Waals surface area contributed by atoms with Crippen LogP contribution in [0.15, 0.2) is 18.2 Å². The number of amides is 1. The van der Waals surface area contributed by atoms with E-state index >= 15 is 0 Å². The molecule has 1 amide bonds. The summed E-state index contributed by atoms with van der Waals surface area (Å²) < 4.78 is 0. The van der Waals surface area contributed by atoms with Crippen molar-refractivity contribution in [3.63, 3.8) is 0 Å². The number of anilines is 1. The first-order valence-electron chi connectivity index (χ1n) is 6.38. The summed E-state index contributed by atoms with van der Waals surface area (Å²) in [5, 5.41) is 13.6. The van der Waals surface area contributed by atoms with Crippen LogP contribution in [0, 0.1) is 10.1 Å². The Morgan fingerprint density at radius 1 is 1.50 bits per heavy atom. The van der Waals surface area contributed by atoms with Gasteiger partial charge in [0.05, 0.1) is 10.5 Å². The van der Waals surface area contributed by atoms with Gasteiger partial charge in [0.2, 0.25) is 5.91 Å². The Morgan fingerprint density at radius 2 is 2.20 bits per heavy atom. The van der Waals surface area contributed by atoms with Crippen LogP contribution in [0.1, 0.15) is 19.4 Å². The number of hydrogen-bond acceptors (Lipinski definition) is 5. The fourth-order valence-electron chi connectivity index (χ4n) is 2.31. The average Bonchev–Trinajstić information content (AvgIpc) is 2.35. The third-order valence-electron chi connectivity index (χ3n) is 3.68. The smallest absolute Gasteiger partial charge is 0.292 e. The number of benzene rings is 1. The fraction of sp³-hybridized carbons (Fsp3) is 0.462. The molecule has 1 aliphatic heterocycles. The van der Waals surface area contributed by atoms with Gasteiger partial charge in [-0.1, -0.05) is 6.07 Å². The maximum Gasteiger partial charge on any atom is 0.292 e. The number of nitro groups is 1. The number of hydrogen-bond donors (Lipinski definition) is 2. The number of carbonyl (C=O) groups is 1. The predicted molar refractivity (Wildman–Crippen MR) is 75.0 cm³/mol. The molecule has 1 aromatic carbocycles. The SMILES string of the molecule is CC1(C)C(=O)NCCN1Cc1ccc([N+](=O)[O-])c(N)c1. The van der Waals surface area contributed by atoms with E-state index in [1.54, 1.807) is 12.1 Å². The maximum atomic E-state index is 11.9. The highest BCUT2D eigenvalue weighted by Crippen LogP contribution is 2.25. The average molecular weight is 278 g/mol. The zero-order valence-electron chi connectivity index (χ0n) is 11.5. The van der Waals surface area contributed by atoms with Crippen LogP contribution in [0.3, 0.4) is 0 Å². The zero-order valence-corrected chi connectivity index (χ0v) is 11.5. The summed E-state index contributed by atoms with van der Waals surface area (Å²) in [6.45, 7) is 5.58. The molecule has 3 N–H and O–H groups in total. The minimum atomic E-state index is -0.602. The molecule has 0 radical (unpaired) electrons. The monoisotopic (exact) mass is 278 g/mol. The lowest BCUT2D eigenvalue weighted by Gasteiger charge is -2.41. The fourth-order valence-corrected chi connectivity index (χ4v) is 2.31. The summed E-state index contributed by atoms with van der Waals surface area (Å²) in [5.74, 6) is -0.0152. The predicted octanol–water partition coefficient (Wildman–Crippen LogP) is 0.887. The number of nitrogens with two attached hydrogens (primary N) is 1. The van der Waals surface area contributed by atoms with E-state index in [4.69, 9.17) is 5.73 Å². The number of carbonyl (C=O) groups excluding carboxylic acids is 1. The Labute approximate surface area is 116 Å². The Hall–Kier alpha value is -2.15. The van der Waals surface area contributed by atoms with Gasteiger partial charge >= 0.3 is 0 Å². The molecule has 0 bridgehead atoms. The van der Waals surface area contributed by atoms with Crippen LogP contribution in [0.4, 0.5) is 11.4 Å². The van der Waals surface area contributed by atoms with Gasteiger partial charge in [-0.25, -0.2) is 0 Å². The molecule has 2 rings (SSSR count). The molecule has 1 aliphatic rings. The molecule has 7 nitrogen and oxygen atoms in total.